The Hall–Kier alpha value is -2.97. The third-order valence-electron chi connectivity index (χ3n) is 6.88. The molecule has 8 heteroatoms. The van der Waals surface area contributed by atoms with E-state index in [1.807, 2.05) is 25.1 Å². The van der Waals surface area contributed by atoms with E-state index in [9.17, 15) is 14.7 Å². The lowest BCUT2D eigenvalue weighted by atomic mass is 10.0. The summed E-state index contributed by atoms with van der Waals surface area (Å²) in [6.07, 6.45) is 5.75. The summed E-state index contributed by atoms with van der Waals surface area (Å²) in [7, 11) is 2.12. The molecule has 1 saturated carbocycles. The molecule has 1 aliphatic heterocycles. The predicted molar refractivity (Wildman–Crippen MR) is 134 cm³/mol. The van der Waals surface area contributed by atoms with Crippen molar-refractivity contribution in [3.8, 4) is 5.75 Å². The number of hydrogen-bond acceptors (Lipinski definition) is 6. The van der Waals surface area contributed by atoms with Crippen molar-refractivity contribution in [2.45, 2.75) is 45.3 Å². The van der Waals surface area contributed by atoms with Gasteiger partial charge in [0.1, 0.15) is 11.9 Å². The van der Waals surface area contributed by atoms with E-state index in [0.29, 0.717) is 23.5 Å². The maximum absolute atomic E-state index is 13.3. The van der Waals surface area contributed by atoms with Crippen LogP contribution < -0.4 is 10.1 Å². The van der Waals surface area contributed by atoms with Gasteiger partial charge in [0, 0.05) is 54.8 Å². The number of carbonyl (C=O) groups is 2. The Balaban J connectivity index is 1.60. The van der Waals surface area contributed by atoms with Gasteiger partial charge in [-0.3, -0.25) is 14.6 Å². The van der Waals surface area contributed by atoms with Crippen molar-refractivity contribution in [2.24, 2.45) is 11.8 Å². The van der Waals surface area contributed by atoms with Crippen LogP contribution in [0.4, 0.5) is 5.69 Å². The number of rotatable bonds is 8. The molecule has 1 aromatic carbocycles. The molecular weight excluding hydrogens is 444 g/mol. The predicted octanol–water partition coefficient (Wildman–Crippen LogP) is 2.82. The van der Waals surface area contributed by atoms with Crippen LogP contribution in [0, 0.1) is 11.8 Å². The van der Waals surface area contributed by atoms with Gasteiger partial charge in [0.15, 0.2) is 0 Å². The average Bonchev–Trinajstić information content (AvgIpc) is 3.66. The van der Waals surface area contributed by atoms with Crippen molar-refractivity contribution in [2.75, 3.05) is 38.6 Å². The standard InChI is InChI=1S/C27H36N4O4/c1-18-14-31(19(2)17-32)26(33)13-22-12-23(29-27(34)21-8-10-28-11-9-21)6-7-24(22)35-25(18)16-30(3)15-20-4-5-20/h6-12,18-20,25,32H,4-5,13-17H2,1-3H3,(H,29,34)/t18-,19+,25+/m1/s1. The lowest BCUT2D eigenvalue weighted by Crippen LogP contribution is -2.47. The summed E-state index contributed by atoms with van der Waals surface area (Å²) < 4.78 is 6.55. The lowest BCUT2D eigenvalue weighted by molar-refractivity contribution is -0.134. The topological polar surface area (TPSA) is 95.0 Å². The fraction of sp³-hybridized carbons (Fsp3) is 0.519. The van der Waals surface area contributed by atoms with Crippen LogP contribution in [0.15, 0.2) is 42.7 Å². The molecule has 188 valence electrons. The molecule has 0 radical (unpaired) electrons. The van der Waals surface area contributed by atoms with Crippen molar-refractivity contribution < 1.29 is 19.4 Å². The second-order valence-corrected chi connectivity index (χ2v) is 10.1. The second kappa shape index (κ2) is 11.2. The van der Waals surface area contributed by atoms with E-state index in [-0.39, 0.29) is 42.9 Å². The Morgan fingerprint density at radius 1 is 1.26 bits per heavy atom. The van der Waals surface area contributed by atoms with Crippen LogP contribution in [-0.2, 0) is 11.2 Å². The number of aliphatic hydroxyl groups is 1. The third kappa shape index (κ3) is 6.58. The van der Waals surface area contributed by atoms with Crippen molar-refractivity contribution >= 4 is 17.5 Å². The maximum atomic E-state index is 13.3. The second-order valence-electron chi connectivity index (χ2n) is 10.1. The Bertz CT molecular complexity index is 1030. The molecule has 2 amide bonds. The first-order valence-electron chi connectivity index (χ1n) is 12.4. The number of amides is 2. The van der Waals surface area contributed by atoms with Crippen LogP contribution in [0.5, 0.6) is 5.75 Å². The van der Waals surface area contributed by atoms with E-state index < -0.39 is 0 Å². The quantitative estimate of drug-likeness (QED) is 0.603. The van der Waals surface area contributed by atoms with Gasteiger partial charge in [0.05, 0.1) is 19.1 Å². The molecule has 2 aromatic rings. The number of pyridine rings is 1. The molecule has 8 nitrogen and oxygen atoms in total. The first-order valence-corrected chi connectivity index (χ1v) is 12.4. The molecule has 0 spiro atoms. The van der Waals surface area contributed by atoms with Gasteiger partial charge in [-0.25, -0.2) is 0 Å². The molecule has 3 atom stereocenters. The van der Waals surface area contributed by atoms with E-state index >= 15 is 0 Å². The Morgan fingerprint density at radius 3 is 2.69 bits per heavy atom. The Labute approximate surface area is 207 Å². The molecule has 1 aliphatic carbocycles. The fourth-order valence-electron chi connectivity index (χ4n) is 4.55. The SMILES string of the molecule is C[C@@H]1CN([C@@H](C)CO)C(=O)Cc2cc(NC(=O)c3ccncc3)ccc2O[C@H]1CN(C)CC1CC1. The van der Waals surface area contributed by atoms with E-state index in [1.54, 1.807) is 29.4 Å². The van der Waals surface area contributed by atoms with E-state index in [2.05, 4.69) is 29.2 Å². The molecule has 0 unspecified atom stereocenters. The van der Waals surface area contributed by atoms with Crippen molar-refractivity contribution in [1.82, 2.24) is 14.8 Å². The number of hydrogen-bond donors (Lipinski definition) is 2. The summed E-state index contributed by atoms with van der Waals surface area (Å²) in [6.45, 7) is 6.20. The highest BCUT2D eigenvalue weighted by Gasteiger charge is 2.32. The largest absolute Gasteiger partial charge is 0.488 e. The van der Waals surface area contributed by atoms with Gasteiger partial charge in [-0.1, -0.05) is 6.92 Å². The first-order chi connectivity index (χ1) is 16.8. The van der Waals surface area contributed by atoms with Crippen LogP contribution >= 0.6 is 0 Å². The summed E-state index contributed by atoms with van der Waals surface area (Å²) in [5.41, 5.74) is 1.83. The Morgan fingerprint density at radius 2 is 2.00 bits per heavy atom. The third-order valence-corrected chi connectivity index (χ3v) is 6.88. The minimum atomic E-state index is -0.286. The van der Waals surface area contributed by atoms with Gasteiger partial charge in [-0.05, 0) is 63.1 Å². The summed E-state index contributed by atoms with van der Waals surface area (Å²) in [4.78, 5) is 34.0. The minimum Gasteiger partial charge on any atom is -0.488 e. The van der Waals surface area contributed by atoms with Crippen molar-refractivity contribution in [3.63, 3.8) is 0 Å². The summed E-state index contributed by atoms with van der Waals surface area (Å²) in [5, 5.41) is 12.7. The molecule has 1 fully saturated rings. The van der Waals surface area contributed by atoms with E-state index in [0.717, 1.165) is 24.6 Å². The number of likely N-dealkylation sites (N-methyl/N-ethyl adjacent to an activating group) is 1. The molecule has 0 saturated heterocycles. The maximum Gasteiger partial charge on any atom is 0.255 e. The number of aromatic nitrogens is 1. The number of nitrogens with zero attached hydrogens (tertiary/aromatic N) is 3. The van der Waals surface area contributed by atoms with Crippen LogP contribution in [0.2, 0.25) is 0 Å². The molecule has 0 bridgehead atoms. The molecule has 1 aromatic heterocycles. The van der Waals surface area contributed by atoms with Gasteiger partial charge >= 0.3 is 0 Å². The van der Waals surface area contributed by atoms with Crippen LogP contribution in [0.25, 0.3) is 0 Å². The minimum absolute atomic E-state index is 0.0622. The number of benzene rings is 1. The van der Waals surface area contributed by atoms with E-state index in [1.165, 1.54) is 12.8 Å². The first kappa shape index (κ1) is 25.1. The van der Waals surface area contributed by atoms with Crippen LogP contribution in [0.3, 0.4) is 0 Å². The molecule has 35 heavy (non-hydrogen) atoms. The zero-order valence-electron chi connectivity index (χ0n) is 20.8. The number of aliphatic hydroxyl groups excluding tert-OH is 1. The summed E-state index contributed by atoms with van der Waals surface area (Å²) in [6, 6.07) is 8.48. The van der Waals surface area contributed by atoms with E-state index in [4.69, 9.17) is 4.74 Å². The molecule has 2 N–H and O–H groups in total. The number of carbonyl (C=O) groups excluding carboxylic acids is 2. The molecule has 2 heterocycles. The highest BCUT2D eigenvalue weighted by molar-refractivity contribution is 6.04. The number of nitrogens with one attached hydrogen (secondary N) is 1. The van der Waals surface area contributed by atoms with Crippen molar-refractivity contribution in [3.05, 3.63) is 53.9 Å². The fourth-order valence-corrected chi connectivity index (χ4v) is 4.55. The highest BCUT2D eigenvalue weighted by Crippen LogP contribution is 2.31. The molecule has 2 aliphatic rings. The number of ether oxygens (including phenoxy) is 1. The molecule has 4 rings (SSSR count). The zero-order valence-corrected chi connectivity index (χ0v) is 20.8. The lowest BCUT2D eigenvalue weighted by Gasteiger charge is -2.34. The summed E-state index contributed by atoms with van der Waals surface area (Å²) in [5.74, 6) is 1.21. The van der Waals surface area contributed by atoms with Gasteiger partial charge in [0.2, 0.25) is 5.91 Å². The van der Waals surface area contributed by atoms with Crippen LogP contribution in [-0.4, -0.2) is 77.1 Å². The Kier molecular flexibility index (Phi) is 8.03. The zero-order chi connectivity index (χ0) is 24.9. The van der Waals surface area contributed by atoms with Crippen molar-refractivity contribution in [1.29, 1.82) is 0 Å². The monoisotopic (exact) mass is 480 g/mol. The normalized spacial score (nSPS) is 21.4. The average molecular weight is 481 g/mol. The highest BCUT2D eigenvalue weighted by atomic mass is 16.5. The molecular formula is C27H36N4O4. The summed E-state index contributed by atoms with van der Waals surface area (Å²) >= 11 is 0. The van der Waals surface area contributed by atoms with Gasteiger partial charge in [0.25, 0.3) is 5.91 Å². The van der Waals surface area contributed by atoms with Gasteiger partial charge in [-0.15, -0.1) is 0 Å². The smallest absolute Gasteiger partial charge is 0.255 e. The van der Waals surface area contributed by atoms with Crippen LogP contribution in [0.1, 0.15) is 42.6 Å². The van der Waals surface area contributed by atoms with Gasteiger partial charge < -0.3 is 25.0 Å². The number of anilines is 1. The van der Waals surface area contributed by atoms with Gasteiger partial charge in [-0.2, -0.15) is 0 Å². The number of fused-ring (bicyclic) bond motifs is 1.